The number of carbonyl (C=O) groups is 1. The molecule has 0 aliphatic carbocycles. The van der Waals surface area contributed by atoms with Gasteiger partial charge in [-0.25, -0.2) is 8.42 Å². The minimum Gasteiger partial charge on any atom is -0.480 e. The molecule has 0 saturated carbocycles. The van der Waals surface area contributed by atoms with Gasteiger partial charge < -0.3 is 5.11 Å². The molecule has 0 saturated heterocycles. The van der Waals surface area contributed by atoms with Crippen LogP contribution in [0.4, 0.5) is 5.69 Å². The van der Waals surface area contributed by atoms with Crippen LogP contribution in [-0.2, 0) is 28.4 Å². The third-order valence-corrected chi connectivity index (χ3v) is 4.53. The molecule has 21 heavy (non-hydrogen) atoms. The number of nitrogens with zero attached hydrogens (tertiary/aromatic N) is 4. The molecule has 2 aromatic heterocycles. The third kappa shape index (κ3) is 3.05. The second-order valence-electron chi connectivity index (χ2n) is 4.55. The van der Waals surface area contributed by atoms with Crippen molar-refractivity contribution in [2.24, 2.45) is 7.05 Å². The molecule has 0 atom stereocenters. The summed E-state index contributed by atoms with van der Waals surface area (Å²) in [5.74, 6) is -1.06. The van der Waals surface area contributed by atoms with Gasteiger partial charge in [0.2, 0.25) is 0 Å². The molecular weight excluding hydrogens is 298 g/mol. The van der Waals surface area contributed by atoms with Crippen LogP contribution in [-0.4, -0.2) is 39.1 Å². The first-order valence-corrected chi connectivity index (χ1v) is 7.46. The number of aromatic nitrogens is 4. The van der Waals surface area contributed by atoms with E-state index in [-0.39, 0.29) is 17.1 Å². The van der Waals surface area contributed by atoms with Gasteiger partial charge in [-0.3, -0.25) is 18.9 Å². The number of aliphatic carboxylic acids is 1. The van der Waals surface area contributed by atoms with Gasteiger partial charge in [0.05, 0.1) is 23.3 Å². The minimum absolute atomic E-state index is 0.107. The van der Waals surface area contributed by atoms with Crippen LogP contribution >= 0.6 is 0 Å². The first-order chi connectivity index (χ1) is 9.70. The van der Waals surface area contributed by atoms with Crippen LogP contribution in [0.3, 0.4) is 0 Å². The summed E-state index contributed by atoms with van der Waals surface area (Å²) in [6, 6.07) is 0. The maximum Gasteiger partial charge on any atom is 0.325 e. The highest BCUT2D eigenvalue weighted by molar-refractivity contribution is 7.92. The zero-order valence-corrected chi connectivity index (χ0v) is 12.5. The zero-order valence-electron chi connectivity index (χ0n) is 11.7. The van der Waals surface area contributed by atoms with E-state index in [0.717, 1.165) is 4.68 Å². The predicted molar refractivity (Wildman–Crippen MR) is 73.4 cm³/mol. The van der Waals surface area contributed by atoms with E-state index >= 15 is 0 Å². The van der Waals surface area contributed by atoms with Crippen LogP contribution in [0, 0.1) is 13.8 Å². The number of hydrogen-bond donors (Lipinski definition) is 2. The lowest BCUT2D eigenvalue weighted by Gasteiger charge is -2.06. The molecule has 2 rings (SSSR count). The SMILES string of the molecule is Cc1nn(C)c(C)c1S(=O)(=O)Nc1cnn(CC(=O)O)c1. The molecule has 0 aliphatic rings. The summed E-state index contributed by atoms with van der Waals surface area (Å²) >= 11 is 0. The van der Waals surface area contributed by atoms with Gasteiger partial charge in [0.1, 0.15) is 11.4 Å². The summed E-state index contributed by atoms with van der Waals surface area (Å²) in [6.45, 7) is 2.92. The van der Waals surface area contributed by atoms with Crippen molar-refractivity contribution in [2.45, 2.75) is 25.3 Å². The number of carboxylic acids is 1. The molecule has 0 radical (unpaired) electrons. The Morgan fingerprint density at radius 2 is 2.10 bits per heavy atom. The Labute approximate surface area is 121 Å². The highest BCUT2D eigenvalue weighted by Gasteiger charge is 2.24. The Bertz CT molecular complexity index is 790. The molecule has 10 heteroatoms. The van der Waals surface area contributed by atoms with Gasteiger partial charge in [0, 0.05) is 13.2 Å². The minimum atomic E-state index is -3.80. The second kappa shape index (κ2) is 5.20. The van der Waals surface area contributed by atoms with E-state index in [9.17, 15) is 13.2 Å². The number of carboxylic acid groups (broad SMARTS) is 1. The Hall–Kier alpha value is -2.36. The zero-order chi connectivity index (χ0) is 15.8. The molecule has 114 valence electrons. The van der Waals surface area contributed by atoms with Crippen LogP contribution in [0.1, 0.15) is 11.4 Å². The molecule has 2 N–H and O–H groups in total. The summed E-state index contributed by atoms with van der Waals surface area (Å²) in [6.07, 6.45) is 2.56. The smallest absolute Gasteiger partial charge is 0.325 e. The van der Waals surface area contributed by atoms with Crippen molar-refractivity contribution in [3.05, 3.63) is 23.8 Å². The second-order valence-corrected chi connectivity index (χ2v) is 6.17. The monoisotopic (exact) mass is 313 g/mol. The lowest BCUT2D eigenvalue weighted by atomic mass is 10.4. The van der Waals surface area contributed by atoms with Crippen LogP contribution in [0.25, 0.3) is 0 Å². The lowest BCUT2D eigenvalue weighted by molar-refractivity contribution is -0.137. The van der Waals surface area contributed by atoms with Gasteiger partial charge in [0.25, 0.3) is 10.0 Å². The van der Waals surface area contributed by atoms with Crippen LogP contribution in [0.5, 0.6) is 0 Å². The largest absolute Gasteiger partial charge is 0.480 e. The summed E-state index contributed by atoms with van der Waals surface area (Å²) in [5, 5.41) is 16.5. The molecule has 0 bridgehead atoms. The Kier molecular flexibility index (Phi) is 3.73. The van der Waals surface area contributed by atoms with E-state index in [2.05, 4.69) is 14.9 Å². The molecule has 2 aromatic rings. The fourth-order valence-corrected chi connectivity index (χ4v) is 3.46. The number of anilines is 1. The van der Waals surface area contributed by atoms with Gasteiger partial charge in [-0.05, 0) is 13.8 Å². The van der Waals surface area contributed by atoms with Crippen molar-refractivity contribution < 1.29 is 18.3 Å². The predicted octanol–water partition coefficient (Wildman–Crippen LogP) is 0.119. The quantitative estimate of drug-likeness (QED) is 0.809. The van der Waals surface area contributed by atoms with Crippen molar-refractivity contribution in [3.8, 4) is 0 Å². The highest BCUT2D eigenvalue weighted by atomic mass is 32.2. The van der Waals surface area contributed by atoms with Crippen molar-refractivity contribution in [1.29, 1.82) is 0 Å². The highest BCUT2D eigenvalue weighted by Crippen LogP contribution is 2.21. The van der Waals surface area contributed by atoms with E-state index < -0.39 is 16.0 Å². The van der Waals surface area contributed by atoms with Crippen molar-refractivity contribution in [1.82, 2.24) is 19.6 Å². The summed E-state index contributed by atoms with van der Waals surface area (Å²) < 4.78 is 29.7. The Morgan fingerprint density at radius 1 is 1.43 bits per heavy atom. The molecule has 2 heterocycles. The maximum absolute atomic E-state index is 12.4. The Balaban J connectivity index is 2.29. The summed E-state index contributed by atoms with van der Waals surface area (Å²) in [7, 11) is -2.14. The number of hydrogen-bond acceptors (Lipinski definition) is 5. The molecule has 0 aliphatic heterocycles. The topological polar surface area (TPSA) is 119 Å². The number of sulfonamides is 1. The number of rotatable bonds is 5. The van der Waals surface area contributed by atoms with Crippen molar-refractivity contribution in [3.63, 3.8) is 0 Å². The van der Waals surface area contributed by atoms with Gasteiger partial charge in [-0.2, -0.15) is 10.2 Å². The van der Waals surface area contributed by atoms with Gasteiger partial charge in [-0.1, -0.05) is 0 Å². The first kappa shape index (κ1) is 15.0. The molecule has 0 fully saturated rings. The van der Waals surface area contributed by atoms with E-state index in [0.29, 0.717) is 11.4 Å². The average Bonchev–Trinajstić information content (AvgIpc) is 2.83. The molecule has 0 amide bonds. The average molecular weight is 313 g/mol. The normalized spacial score (nSPS) is 11.6. The lowest BCUT2D eigenvalue weighted by Crippen LogP contribution is -2.14. The first-order valence-electron chi connectivity index (χ1n) is 5.98. The van der Waals surface area contributed by atoms with E-state index in [4.69, 9.17) is 5.11 Å². The third-order valence-electron chi connectivity index (χ3n) is 2.89. The van der Waals surface area contributed by atoms with Crippen LogP contribution < -0.4 is 4.72 Å². The van der Waals surface area contributed by atoms with Crippen molar-refractivity contribution in [2.75, 3.05) is 4.72 Å². The molecular formula is C11H15N5O4S. The summed E-state index contributed by atoms with van der Waals surface area (Å²) in [4.78, 5) is 10.7. The molecule has 0 spiro atoms. The fraction of sp³-hybridized carbons (Fsp3) is 0.364. The fourth-order valence-electron chi connectivity index (χ4n) is 1.99. The standard InChI is InChI=1S/C11H15N5O4S/c1-7-11(8(2)15(3)13-7)21(19,20)14-9-4-12-16(5-9)6-10(17)18/h4-5,14H,6H2,1-3H3,(H,17,18). The molecule has 9 nitrogen and oxygen atoms in total. The molecule has 0 unspecified atom stereocenters. The number of aryl methyl sites for hydroxylation is 2. The van der Waals surface area contributed by atoms with Crippen molar-refractivity contribution >= 4 is 21.7 Å². The Morgan fingerprint density at radius 3 is 2.62 bits per heavy atom. The summed E-state index contributed by atoms with van der Waals surface area (Å²) in [5.41, 5.74) is 1.09. The van der Waals surface area contributed by atoms with E-state index in [1.165, 1.54) is 17.1 Å². The molecule has 0 aromatic carbocycles. The van der Waals surface area contributed by atoms with Crippen LogP contribution in [0.2, 0.25) is 0 Å². The van der Waals surface area contributed by atoms with Gasteiger partial charge >= 0.3 is 5.97 Å². The van der Waals surface area contributed by atoms with E-state index in [1.807, 2.05) is 0 Å². The maximum atomic E-state index is 12.4. The number of nitrogens with one attached hydrogen (secondary N) is 1. The van der Waals surface area contributed by atoms with Gasteiger partial charge in [-0.15, -0.1) is 0 Å². The van der Waals surface area contributed by atoms with E-state index in [1.54, 1.807) is 20.9 Å². The van der Waals surface area contributed by atoms with Crippen LogP contribution in [0.15, 0.2) is 17.3 Å². The van der Waals surface area contributed by atoms with Gasteiger partial charge in [0.15, 0.2) is 0 Å².